The number of hydrazine groups is 1. The quantitative estimate of drug-likeness (QED) is 0.533. The topological polar surface area (TPSA) is 111 Å². The lowest BCUT2D eigenvalue weighted by Crippen LogP contribution is -2.39. The Balaban J connectivity index is 1.38. The van der Waals surface area contributed by atoms with Gasteiger partial charge in [-0.2, -0.15) is 4.31 Å². The standard InChI is InChI=1S/C24H32N4O4S/c1-15-10-12-28(13-11-15)33(31,32)19-7-5-18(6-8-19)25-24(30)22-14-21(26-27-22)20-9-4-16(2)17(3)23(20)29/h4-9,15,21-22,26-27,29H,10-14H2,1-3H3,(H,25,30). The number of carbonyl (C=O) groups excluding carboxylic acids is 1. The highest BCUT2D eigenvalue weighted by molar-refractivity contribution is 7.89. The van der Waals surface area contributed by atoms with E-state index in [1.165, 1.54) is 4.31 Å². The van der Waals surface area contributed by atoms with Gasteiger partial charge in [0.2, 0.25) is 15.9 Å². The van der Waals surface area contributed by atoms with Crippen LogP contribution in [0.4, 0.5) is 5.69 Å². The Hall–Kier alpha value is -2.46. The minimum atomic E-state index is -3.52. The molecule has 0 bridgehead atoms. The second-order valence-electron chi connectivity index (χ2n) is 9.18. The van der Waals surface area contributed by atoms with E-state index in [-0.39, 0.29) is 22.6 Å². The molecule has 178 valence electrons. The number of carbonyl (C=O) groups is 1. The Morgan fingerprint density at radius 1 is 1.06 bits per heavy atom. The highest BCUT2D eigenvalue weighted by atomic mass is 32.2. The number of sulfonamides is 1. The van der Waals surface area contributed by atoms with E-state index in [4.69, 9.17) is 0 Å². The third-order valence-corrected chi connectivity index (χ3v) is 8.74. The maximum absolute atomic E-state index is 12.9. The predicted octanol–water partition coefficient (Wildman–Crippen LogP) is 2.98. The summed E-state index contributed by atoms with van der Waals surface area (Å²) in [5.74, 6) is 0.565. The van der Waals surface area contributed by atoms with Crippen molar-refractivity contribution in [1.29, 1.82) is 0 Å². The van der Waals surface area contributed by atoms with Crippen LogP contribution in [0.15, 0.2) is 41.3 Å². The van der Waals surface area contributed by atoms with Crippen molar-refractivity contribution in [3.63, 3.8) is 0 Å². The fourth-order valence-corrected chi connectivity index (χ4v) is 5.82. The summed E-state index contributed by atoms with van der Waals surface area (Å²) >= 11 is 0. The van der Waals surface area contributed by atoms with Crippen LogP contribution in [0.25, 0.3) is 0 Å². The summed E-state index contributed by atoms with van der Waals surface area (Å²) in [5.41, 5.74) is 9.21. The van der Waals surface area contributed by atoms with Gasteiger partial charge in [0.1, 0.15) is 11.8 Å². The molecule has 2 heterocycles. The van der Waals surface area contributed by atoms with Crippen LogP contribution in [0.3, 0.4) is 0 Å². The largest absolute Gasteiger partial charge is 0.507 e. The van der Waals surface area contributed by atoms with Crippen molar-refractivity contribution in [2.45, 2.75) is 57.0 Å². The summed E-state index contributed by atoms with van der Waals surface area (Å²) in [6.45, 7) is 7.04. The van der Waals surface area contributed by atoms with Crippen molar-refractivity contribution in [1.82, 2.24) is 15.2 Å². The maximum Gasteiger partial charge on any atom is 0.243 e. The van der Waals surface area contributed by atoms with Crippen LogP contribution in [0.1, 0.15) is 48.9 Å². The minimum absolute atomic E-state index is 0.195. The number of phenols is 1. The number of piperidine rings is 1. The number of aromatic hydroxyl groups is 1. The molecule has 1 amide bonds. The molecule has 9 heteroatoms. The second kappa shape index (κ2) is 9.42. The number of nitrogens with zero attached hydrogens (tertiary/aromatic N) is 1. The van der Waals surface area contributed by atoms with Crippen LogP contribution in [0, 0.1) is 19.8 Å². The van der Waals surface area contributed by atoms with Crippen molar-refractivity contribution < 1.29 is 18.3 Å². The molecule has 0 aromatic heterocycles. The van der Waals surface area contributed by atoms with Gasteiger partial charge in [-0.05, 0) is 74.4 Å². The summed E-state index contributed by atoms with van der Waals surface area (Å²) in [6, 6.07) is 9.46. The normalized spacial score (nSPS) is 22.4. The van der Waals surface area contributed by atoms with Crippen LogP contribution < -0.4 is 16.2 Å². The second-order valence-corrected chi connectivity index (χ2v) is 11.1. The van der Waals surface area contributed by atoms with Gasteiger partial charge in [-0.15, -0.1) is 0 Å². The number of phenolic OH excluding ortho intramolecular Hbond substituents is 1. The van der Waals surface area contributed by atoms with Crippen molar-refractivity contribution in [2.24, 2.45) is 5.92 Å². The van der Waals surface area contributed by atoms with E-state index in [0.717, 1.165) is 29.5 Å². The Morgan fingerprint density at radius 3 is 2.39 bits per heavy atom. The van der Waals surface area contributed by atoms with E-state index in [2.05, 4.69) is 23.1 Å². The average Bonchev–Trinajstić information content (AvgIpc) is 3.28. The smallest absolute Gasteiger partial charge is 0.243 e. The molecule has 2 fully saturated rings. The molecule has 2 saturated heterocycles. The SMILES string of the molecule is Cc1ccc(C2CC(C(=O)Nc3ccc(S(=O)(=O)N4CCC(C)CC4)cc3)NN2)c(O)c1C. The predicted molar refractivity (Wildman–Crippen MR) is 127 cm³/mol. The number of amides is 1. The molecule has 0 radical (unpaired) electrons. The van der Waals surface area contributed by atoms with E-state index in [9.17, 15) is 18.3 Å². The van der Waals surface area contributed by atoms with E-state index < -0.39 is 16.1 Å². The van der Waals surface area contributed by atoms with E-state index in [1.807, 2.05) is 26.0 Å². The van der Waals surface area contributed by atoms with Gasteiger partial charge < -0.3 is 10.4 Å². The van der Waals surface area contributed by atoms with Crippen LogP contribution in [0.5, 0.6) is 5.75 Å². The molecule has 2 aromatic carbocycles. The van der Waals surface area contributed by atoms with Crippen molar-refractivity contribution in [2.75, 3.05) is 18.4 Å². The summed E-state index contributed by atoms with van der Waals surface area (Å²) < 4.78 is 27.3. The van der Waals surface area contributed by atoms with Gasteiger partial charge >= 0.3 is 0 Å². The molecular formula is C24H32N4O4S. The van der Waals surface area contributed by atoms with Gasteiger partial charge in [0.25, 0.3) is 0 Å². The van der Waals surface area contributed by atoms with Gasteiger partial charge in [-0.25, -0.2) is 19.3 Å². The number of anilines is 1. The summed E-state index contributed by atoms with van der Waals surface area (Å²) in [5, 5.41) is 13.3. The molecule has 0 spiro atoms. The monoisotopic (exact) mass is 472 g/mol. The Labute approximate surface area is 195 Å². The van der Waals surface area contributed by atoms with Crippen molar-refractivity contribution in [3.8, 4) is 5.75 Å². The molecule has 2 aromatic rings. The zero-order valence-corrected chi connectivity index (χ0v) is 20.1. The molecule has 4 rings (SSSR count). The maximum atomic E-state index is 12.9. The highest BCUT2D eigenvalue weighted by Crippen LogP contribution is 2.33. The molecule has 2 aliphatic heterocycles. The van der Waals surface area contributed by atoms with Gasteiger partial charge in [-0.1, -0.05) is 19.1 Å². The van der Waals surface area contributed by atoms with Crippen LogP contribution in [0.2, 0.25) is 0 Å². The van der Waals surface area contributed by atoms with Crippen LogP contribution in [-0.4, -0.2) is 42.9 Å². The Morgan fingerprint density at radius 2 is 1.73 bits per heavy atom. The number of nitrogens with one attached hydrogen (secondary N) is 3. The third-order valence-electron chi connectivity index (χ3n) is 6.83. The molecular weight excluding hydrogens is 440 g/mol. The van der Waals surface area contributed by atoms with Gasteiger partial charge in [0.05, 0.1) is 10.9 Å². The molecule has 2 atom stereocenters. The first-order valence-corrected chi connectivity index (χ1v) is 12.8. The highest BCUT2D eigenvalue weighted by Gasteiger charge is 2.32. The lowest BCUT2D eigenvalue weighted by molar-refractivity contribution is -0.117. The first-order chi connectivity index (χ1) is 15.7. The van der Waals surface area contributed by atoms with Crippen molar-refractivity contribution in [3.05, 3.63) is 53.1 Å². The molecule has 33 heavy (non-hydrogen) atoms. The molecule has 2 aliphatic rings. The minimum Gasteiger partial charge on any atom is -0.507 e. The van der Waals surface area contributed by atoms with E-state index in [1.54, 1.807) is 24.3 Å². The molecule has 8 nitrogen and oxygen atoms in total. The van der Waals surface area contributed by atoms with E-state index >= 15 is 0 Å². The molecule has 0 saturated carbocycles. The summed E-state index contributed by atoms with van der Waals surface area (Å²) in [6.07, 6.45) is 2.22. The Bertz CT molecular complexity index is 1130. The average molecular weight is 473 g/mol. The van der Waals surface area contributed by atoms with Crippen LogP contribution in [-0.2, 0) is 14.8 Å². The van der Waals surface area contributed by atoms with Gasteiger partial charge in [-0.3, -0.25) is 4.79 Å². The third kappa shape index (κ3) is 4.91. The van der Waals surface area contributed by atoms with Gasteiger partial charge in [0, 0.05) is 24.3 Å². The van der Waals surface area contributed by atoms with Gasteiger partial charge in [0.15, 0.2) is 0 Å². The zero-order chi connectivity index (χ0) is 23.8. The summed E-state index contributed by atoms with van der Waals surface area (Å²) in [4.78, 5) is 13.0. The van der Waals surface area contributed by atoms with Crippen molar-refractivity contribution >= 4 is 21.6 Å². The first-order valence-electron chi connectivity index (χ1n) is 11.4. The number of hydrogen-bond donors (Lipinski definition) is 4. The lowest BCUT2D eigenvalue weighted by atomic mass is 9.96. The molecule has 4 N–H and O–H groups in total. The van der Waals surface area contributed by atoms with E-state index in [0.29, 0.717) is 31.1 Å². The molecule has 0 aliphatic carbocycles. The number of benzene rings is 2. The first kappa shape index (κ1) is 23.7. The fourth-order valence-electron chi connectivity index (χ4n) is 4.35. The van der Waals surface area contributed by atoms with Crippen LogP contribution >= 0.6 is 0 Å². The lowest BCUT2D eigenvalue weighted by Gasteiger charge is -2.29. The number of aryl methyl sites for hydroxylation is 1. The summed E-state index contributed by atoms with van der Waals surface area (Å²) in [7, 11) is -3.52. The molecule has 2 unspecified atom stereocenters. The Kier molecular flexibility index (Phi) is 6.76. The zero-order valence-electron chi connectivity index (χ0n) is 19.3. The number of rotatable bonds is 5. The number of hydrogen-bond acceptors (Lipinski definition) is 6. The fraction of sp³-hybridized carbons (Fsp3) is 0.458.